The number of nitrogens with one attached hydrogen (secondary N) is 3. The second kappa shape index (κ2) is 9.27. The quantitative estimate of drug-likeness (QED) is 0.626. The summed E-state index contributed by atoms with van der Waals surface area (Å²) in [6.07, 6.45) is 2.31. The molecule has 2 amide bonds. The van der Waals surface area contributed by atoms with E-state index in [2.05, 4.69) is 20.3 Å². The van der Waals surface area contributed by atoms with Gasteiger partial charge in [-0.15, -0.1) is 0 Å². The van der Waals surface area contributed by atoms with Crippen molar-refractivity contribution in [3.63, 3.8) is 0 Å². The fraction of sp³-hybridized carbons (Fsp3) is 0.333. The molecule has 0 saturated carbocycles. The molecule has 0 radical (unpaired) electrons. The van der Waals surface area contributed by atoms with Gasteiger partial charge in [-0.25, -0.2) is 8.42 Å². The lowest BCUT2D eigenvalue weighted by Crippen LogP contribution is -2.41. The van der Waals surface area contributed by atoms with Gasteiger partial charge in [0.2, 0.25) is 21.8 Å². The molecule has 9 heteroatoms. The summed E-state index contributed by atoms with van der Waals surface area (Å²) in [7, 11) is -3.90. The van der Waals surface area contributed by atoms with Crippen molar-refractivity contribution >= 4 is 38.9 Å². The maximum Gasteiger partial charge on any atom is 0.242 e. The van der Waals surface area contributed by atoms with E-state index < -0.39 is 22.0 Å². The van der Waals surface area contributed by atoms with Crippen LogP contribution in [0.15, 0.2) is 53.4 Å². The number of sulfonamides is 1. The second-order valence-electron chi connectivity index (χ2n) is 7.28. The first-order chi connectivity index (χ1) is 14.2. The molecule has 3 N–H and O–H groups in total. The number of anilines is 3. The van der Waals surface area contributed by atoms with Crippen LogP contribution in [0.4, 0.5) is 17.1 Å². The minimum atomic E-state index is -3.90. The van der Waals surface area contributed by atoms with Crippen molar-refractivity contribution in [1.29, 1.82) is 0 Å². The Hall–Kier alpha value is -2.91. The van der Waals surface area contributed by atoms with Gasteiger partial charge in [0.25, 0.3) is 0 Å². The van der Waals surface area contributed by atoms with E-state index in [0.29, 0.717) is 11.4 Å². The Morgan fingerprint density at radius 3 is 2.27 bits per heavy atom. The molecule has 0 aliphatic carbocycles. The van der Waals surface area contributed by atoms with Crippen molar-refractivity contribution in [2.45, 2.75) is 37.6 Å². The summed E-state index contributed by atoms with van der Waals surface area (Å²) in [6, 6.07) is 12.3. The predicted molar refractivity (Wildman–Crippen MR) is 117 cm³/mol. The van der Waals surface area contributed by atoms with Gasteiger partial charge < -0.3 is 15.5 Å². The highest BCUT2D eigenvalue weighted by atomic mass is 32.2. The summed E-state index contributed by atoms with van der Waals surface area (Å²) in [6.45, 7) is 4.85. The van der Waals surface area contributed by atoms with E-state index in [1.807, 2.05) is 18.2 Å². The minimum absolute atomic E-state index is 0.00674. The number of carbonyl (C=O) groups is 2. The van der Waals surface area contributed by atoms with Gasteiger partial charge in [0.15, 0.2) is 0 Å². The highest BCUT2D eigenvalue weighted by Crippen LogP contribution is 2.23. The molecule has 160 valence electrons. The van der Waals surface area contributed by atoms with Gasteiger partial charge in [-0.05, 0) is 62.2 Å². The maximum atomic E-state index is 12.6. The van der Waals surface area contributed by atoms with E-state index >= 15 is 0 Å². The zero-order valence-corrected chi connectivity index (χ0v) is 17.8. The molecule has 1 aliphatic rings. The summed E-state index contributed by atoms with van der Waals surface area (Å²) < 4.78 is 27.5. The summed E-state index contributed by atoms with van der Waals surface area (Å²) >= 11 is 0. The van der Waals surface area contributed by atoms with E-state index in [-0.39, 0.29) is 10.8 Å². The van der Waals surface area contributed by atoms with Gasteiger partial charge in [-0.3, -0.25) is 9.59 Å². The van der Waals surface area contributed by atoms with Gasteiger partial charge in [0, 0.05) is 37.1 Å². The maximum absolute atomic E-state index is 12.6. The van der Waals surface area contributed by atoms with E-state index in [1.165, 1.54) is 38.1 Å². The van der Waals surface area contributed by atoms with Crippen LogP contribution in [-0.2, 0) is 19.6 Å². The molecule has 0 bridgehead atoms. The summed E-state index contributed by atoms with van der Waals surface area (Å²) in [5.74, 6) is -0.699. The molecule has 3 rings (SSSR count). The van der Waals surface area contributed by atoms with Crippen LogP contribution in [0.5, 0.6) is 0 Å². The number of hydrogen-bond acceptors (Lipinski definition) is 5. The number of benzene rings is 2. The van der Waals surface area contributed by atoms with Crippen molar-refractivity contribution in [1.82, 2.24) is 4.72 Å². The molecule has 30 heavy (non-hydrogen) atoms. The van der Waals surface area contributed by atoms with E-state index in [4.69, 9.17) is 0 Å². The fourth-order valence-corrected chi connectivity index (χ4v) is 4.48. The summed E-state index contributed by atoms with van der Waals surface area (Å²) in [5.41, 5.74) is 2.15. The van der Waals surface area contributed by atoms with Crippen molar-refractivity contribution in [2.75, 3.05) is 28.6 Å². The number of nitrogens with zero attached hydrogens (tertiary/aromatic N) is 1. The monoisotopic (exact) mass is 430 g/mol. The van der Waals surface area contributed by atoms with Crippen molar-refractivity contribution in [3.8, 4) is 0 Å². The molecule has 1 fully saturated rings. The van der Waals surface area contributed by atoms with Crippen LogP contribution in [0.2, 0.25) is 0 Å². The molecule has 1 heterocycles. The smallest absolute Gasteiger partial charge is 0.242 e. The van der Waals surface area contributed by atoms with Crippen LogP contribution in [-0.4, -0.2) is 39.4 Å². The van der Waals surface area contributed by atoms with E-state index in [1.54, 1.807) is 6.07 Å². The Balaban J connectivity index is 1.63. The second-order valence-corrected chi connectivity index (χ2v) is 9.00. The molecule has 1 atom stereocenters. The zero-order chi connectivity index (χ0) is 21.7. The zero-order valence-electron chi connectivity index (χ0n) is 17.0. The fourth-order valence-electron chi connectivity index (χ4n) is 3.28. The first kappa shape index (κ1) is 21.8. The van der Waals surface area contributed by atoms with Crippen LogP contribution < -0.4 is 20.3 Å². The third-order valence-electron chi connectivity index (χ3n) is 4.80. The van der Waals surface area contributed by atoms with Crippen LogP contribution in [0.1, 0.15) is 26.7 Å². The van der Waals surface area contributed by atoms with Gasteiger partial charge in [0.05, 0.1) is 10.9 Å². The number of amides is 2. The highest BCUT2D eigenvalue weighted by Gasteiger charge is 2.22. The predicted octanol–water partition coefficient (Wildman–Crippen LogP) is 2.55. The average Bonchev–Trinajstić information content (AvgIpc) is 3.22. The van der Waals surface area contributed by atoms with Crippen molar-refractivity contribution < 1.29 is 18.0 Å². The third kappa shape index (κ3) is 5.58. The van der Waals surface area contributed by atoms with Gasteiger partial charge in [-0.2, -0.15) is 4.72 Å². The van der Waals surface area contributed by atoms with Crippen molar-refractivity contribution in [2.24, 2.45) is 0 Å². The Morgan fingerprint density at radius 1 is 0.967 bits per heavy atom. The van der Waals surface area contributed by atoms with E-state index in [9.17, 15) is 18.0 Å². The Bertz CT molecular complexity index is 1020. The van der Waals surface area contributed by atoms with Crippen LogP contribution in [0.25, 0.3) is 0 Å². The van der Waals surface area contributed by atoms with Gasteiger partial charge in [0.1, 0.15) is 0 Å². The van der Waals surface area contributed by atoms with Gasteiger partial charge >= 0.3 is 0 Å². The summed E-state index contributed by atoms with van der Waals surface area (Å²) in [4.78, 5) is 25.9. The van der Waals surface area contributed by atoms with E-state index in [0.717, 1.165) is 31.6 Å². The molecule has 0 aromatic heterocycles. The lowest BCUT2D eigenvalue weighted by Gasteiger charge is -2.19. The first-order valence-electron chi connectivity index (χ1n) is 9.80. The molecule has 2 aromatic carbocycles. The lowest BCUT2D eigenvalue weighted by atomic mass is 10.2. The molecule has 0 spiro atoms. The lowest BCUT2D eigenvalue weighted by molar-refractivity contribution is -0.117. The molecule has 1 aliphatic heterocycles. The molecular weight excluding hydrogens is 404 g/mol. The molecule has 2 aromatic rings. The third-order valence-corrected chi connectivity index (χ3v) is 6.35. The Morgan fingerprint density at radius 2 is 1.63 bits per heavy atom. The normalized spacial score (nSPS) is 14.9. The minimum Gasteiger partial charge on any atom is -0.371 e. The summed E-state index contributed by atoms with van der Waals surface area (Å²) in [5, 5.41) is 5.34. The number of rotatable bonds is 7. The molecular formula is C21H26N4O4S. The number of hydrogen-bond donors (Lipinski definition) is 3. The largest absolute Gasteiger partial charge is 0.371 e. The van der Waals surface area contributed by atoms with Gasteiger partial charge in [-0.1, -0.05) is 6.07 Å². The SMILES string of the molecule is CC(=O)Nc1ccc(S(=O)(=O)N[C@@H](C)C(=O)Nc2cccc(N3CCCC3)c2)cc1. The van der Waals surface area contributed by atoms with Crippen LogP contribution in [0.3, 0.4) is 0 Å². The van der Waals surface area contributed by atoms with Crippen molar-refractivity contribution in [3.05, 3.63) is 48.5 Å². The number of carbonyl (C=O) groups excluding carboxylic acids is 2. The first-order valence-corrected chi connectivity index (χ1v) is 11.3. The molecule has 1 saturated heterocycles. The Kier molecular flexibility index (Phi) is 6.73. The average molecular weight is 431 g/mol. The molecule has 8 nitrogen and oxygen atoms in total. The Labute approximate surface area is 176 Å². The van der Waals surface area contributed by atoms with Crippen LogP contribution in [0, 0.1) is 0 Å². The van der Waals surface area contributed by atoms with Crippen LogP contribution >= 0.6 is 0 Å². The topological polar surface area (TPSA) is 108 Å². The highest BCUT2D eigenvalue weighted by molar-refractivity contribution is 7.89. The molecule has 0 unspecified atom stereocenters. The standard InChI is InChI=1S/C21H26N4O4S/c1-15(24-30(28,29)20-10-8-17(9-11-20)22-16(2)26)21(27)23-18-6-5-7-19(14-18)25-12-3-4-13-25/h5-11,14-15,24H,3-4,12-13H2,1-2H3,(H,22,26)(H,23,27)/t15-/m0/s1.